The van der Waals surface area contributed by atoms with Gasteiger partial charge >= 0.3 is 6.18 Å². The van der Waals surface area contributed by atoms with E-state index in [-0.39, 0.29) is 28.3 Å². The Balaban J connectivity index is 1.95. The van der Waals surface area contributed by atoms with Gasteiger partial charge in [0.15, 0.2) is 17.1 Å². The van der Waals surface area contributed by atoms with Gasteiger partial charge in [0.2, 0.25) is 0 Å². The molecule has 0 saturated heterocycles. The number of halogens is 3. The van der Waals surface area contributed by atoms with Crippen LogP contribution in [0, 0.1) is 10.1 Å². The van der Waals surface area contributed by atoms with E-state index in [1.165, 1.54) is 36.6 Å². The van der Waals surface area contributed by atoms with E-state index in [0.29, 0.717) is 10.3 Å². The minimum absolute atomic E-state index is 0.0515. The van der Waals surface area contributed by atoms with E-state index in [1.807, 2.05) is 0 Å². The number of aromatic nitrogens is 3. The second-order valence-corrected chi connectivity index (χ2v) is 5.61. The molecule has 4 aromatic rings. The summed E-state index contributed by atoms with van der Waals surface area (Å²) in [6.07, 6.45) is -3.32. The van der Waals surface area contributed by atoms with Crippen LogP contribution in [-0.2, 0) is 6.18 Å². The van der Waals surface area contributed by atoms with Crippen LogP contribution in [-0.4, -0.2) is 19.5 Å². The molecular formula is C17H9F3N4O3. The highest BCUT2D eigenvalue weighted by Gasteiger charge is 2.35. The zero-order valence-electron chi connectivity index (χ0n) is 13.3. The van der Waals surface area contributed by atoms with Crippen molar-refractivity contribution in [3.05, 3.63) is 70.6 Å². The van der Waals surface area contributed by atoms with Gasteiger partial charge in [0.25, 0.3) is 5.69 Å². The zero-order valence-corrected chi connectivity index (χ0v) is 13.3. The minimum Gasteiger partial charge on any atom is -0.463 e. The largest absolute Gasteiger partial charge is 0.463 e. The molecule has 136 valence electrons. The minimum atomic E-state index is -4.71. The first-order valence-corrected chi connectivity index (χ1v) is 7.59. The molecule has 0 aliphatic rings. The van der Waals surface area contributed by atoms with Gasteiger partial charge in [-0.05, 0) is 18.2 Å². The van der Waals surface area contributed by atoms with Crippen LogP contribution in [0.25, 0.3) is 28.4 Å². The van der Waals surface area contributed by atoms with E-state index in [9.17, 15) is 23.3 Å². The summed E-state index contributed by atoms with van der Waals surface area (Å²) in [6.45, 7) is 0. The first-order valence-electron chi connectivity index (χ1n) is 7.59. The third kappa shape index (κ3) is 3.01. The number of rotatable bonds is 3. The van der Waals surface area contributed by atoms with E-state index in [1.54, 1.807) is 12.1 Å². The molecule has 0 atom stereocenters. The summed E-state index contributed by atoms with van der Waals surface area (Å²) in [5.74, 6) is 0.297. The molecule has 3 heterocycles. The summed E-state index contributed by atoms with van der Waals surface area (Å²) in [7, 11) is 0. The van der Waals surface area contributed by atoms with Crippen LogP contribution in [0.1, 0.15) is 5.69 Å². The molecule has 0 saturated carbocycles. The monoisotopic (exact) mass is 374 g/mol. The number of hydrogen-bond donors (Lipinski definition) is 0. The average Bonchev–Trinajstić information content (AvgIpc) is 3.29. The Morgan fingerprint density at radius 1 is 1.07 bits per heavy atom. The van der Waals surface area contributed by atoms with Crippen LogP contribution < -0.4 is 0 Å². The van der Waals surface area contributed by atoms with Gasteiger partial charge in [-0.3, -0.25) is 10.1 Å². The maximum atomic E-state index is 13.6. The lowest BCUT2D eigenvalue weighted by molar-refractivity contribution is -0.384. The molecule has 0 bridgehead atoms. The number of fused-ring (bicyclic) bond motifs is 1. The second-order valence-electron chi connectivity index (χ2n) is 5.61. The quantitative estimate of drug-likeness (QED) is 0.387. The molecule has 0 aliphatic carbocycles. The zero-order chi connectivity index (χ0) is 19.2. The summed E-state index contributed by atoms with van der Waals surface area (Å²) < 4.78 is 46.5. The van der Waals surface area contributed by atoms with Crippen LogP contribution in [0.4, 0.5) is 18.9 Å². The number of nitro groups is 1. The number of furan rings is 1. The van der Waals surface area contributed by atoms with Crippen LogP contribution >= 0.6 is 0 Å². The summed E-state index contributed by atoms with van der Waals surface area (Å²) in [4.78, 5) is 14.5. The first kappa shape index (κ1) is 16.8. The van der Waals surface area contributed by atoms with Crippen molar-refractivity contribution in [1.82, 2.24) is 14.6 Å². The predicted molar refractivity (Wildman–Crippen MR) is 87.8 cm³/mol. The Morgan fingerprint density at radius 2 is 1.89 bits per heavy atom. The number of non-ortho nitro benzene ring substituents is 1. The summed E-state index contributed by atoms with van der Waals surface area (Å²) in [5, 5.41) is 14.9. The highest BCUT2D eigenvalue weighted by atomic mass is 19.4. The van der Waals surface area contributed by atoms with Gasteiger partial charge in [-0.2, -0.15) is 18.3 Å². The number of hydrogen-bond acceptors (Lipinski definition) is 5. The summed E-state index contributed by atoms with van der Waals surface area (Å²) in [5.41, 5.74) is -1.02. The number of benzene rings is 1. The van der Waals surface area contributed by atoms with Crippen molar-refractivity contribution in [3.8, 4) is 22.7 Å². The normalized spacial score (nSPS) is 11.8. The van der Waals surface area contributed by atoms with E-state index in [0.717, 1.165) is 6.07 Å². The predicted octanol–water partition coefficient (Wildman–Crippen LogP) is 4.58. The fourth-order valence-corrected chi connectivity index (χ4v) is 2.65. The molecule has 1 aromatic carbocycles. The molecule has 10 heteroatoms. The molecule has 3 aromatic heterocycles. The van der Waals surface area contributed by atoms with Crippen molar-refractivity contribution in [3.63, 3.8) is 0 Å². The number of nitro benzene ring substituents is 1. The van der Waals surface area contributed by atoms with Gasteiger partial charge in [0.1, 0.15) is 5.69 Å². The Bertz CT molecular complexity index is 1150. The van der Waals surface area contributed by atoms with Crippen molar-refractivity contribution in [2.24, 2.45) is 0 Å². The molecule has 0 amide bonds. The molecule has 0 N–H and O–H groups in total. The van der Waals surface area contributed by atoms with Gasteiger partial charge in [0.05, 0.1) is 16.9 Å². The highest BCUT2D eigenvalue weighted by molar-refractivity contribution is 5.67. The van der Waals surface area contributed by atoms with E-state index in [4.69, 9.17) is 4.42 Å². The molecule has 0 radical (unpaired) electrons. The van der Waals surface area contributed by atoms with Crippen molar-refractivity contribution < 1.29 is 22.5 Å². The maximum absolute atomic E-state index is 13.6. The standard InChI is InChI=1S/C17H9F3N4O3/c18-17(19,20)15-8-12(10-3-1-4-11(7-10)24(25)26)21-16-9-13(22-23(15)16)14-5-2-6-27-14/h1-9H. The molecule has 0 fully saturated rings. The fourth-order valence-electron chi connectivity index (χ4n) is 2.65. The van der Waals surface area contributed by atoms with Gasteiger partial charge in [-0.1, -0.05) is 12.1 Å². The SMILES string of the molecule is O=[N+]([O-])c1cccc(-c2cc(C(F)(F)F)n3nc(-c4ccco4)cc3n2)c1. The lowest BCUT2D eigenvalue weighted by Crippen LogP contribution is -2.13. The Hall–Kier alpha value is -3.69. The first-order chi connectivity index (χ1) is 12.8. The second kappa shape index (κ2) is 5.94. The molecule has 4 rings (SSSR count). The number of alkyl halides is 3. The van der Waals surface area contributed by atoms with Gasteiger partial charge in [0, 0.05) is 23.8 Å². The lowest BCUT2D eigenvalue weighted by Gasteiger charge is -2.11. The van der Waals surface area contributed by atoms with Crippen LogP contribution in [0.15, 0.2) is 59.2 Å². The summed E-state index contributed by atoms with van der Waals surface area (Å²) >= 11 is 0. The van der Waals surface area contributed by atoms with Gasteiger partial charge in [-0.25, -0.2) is 9.50 Å². The molecule has 0 unspecified atom stereocenters. The average molecular weight is 374 g/mol. The topological polar surface area (TPSA) is 86.5 Å². The molecule has 7 nitrogen and oxygen atoms in total. The highest BCUT2D eigenvalue weighted by Crippen LogP contribution is 2.34. The maximum Gasteiger partial charge on any atom is 0.433 e. The Morgan fingerprint density at radius 3 is 2.56 bits per heavy atom. The van der Waals surface area contributed by atoms with Crippen molar-refractivity contribution in [2.45, 2.75) is 6.18 Å². The summed E-state index contributed by atoms with van der Waals surface area (Å²) in [6, 6.07) is 10.6. The number of nitrogens with zero attached hydrogens (tertiary/aromatic N) is 4. The lowest BCUT2D eigenvalue weighted by atomic mass is 10.1. The third-order valence-electron chi connectivity index (χ3n) is 3.84. The van der Waals surface area contributed by atoms with E-state index < -0.39 is 16.8 Å². The van der Waals surface area contributed by atoms with E-state index >= 15 is 0 Å². The van der Waals surface area contributed by atoms with Crippen LogP contribution in [0.2, 0.25) is 0 Å². The Kier molecular flexibility index (Phi) is 3.69. The van der Waals surface area contributed by atoms with Crippen molar-refractivity contribution >= 4 is 11.3 Å². The molecule has 0 spiro atoms. The van der Waals surface area contributed by atoms with Gasteiger partial charge < -0.3 is 4.42 Å². The van der Waals surface area contributed by atoms with Crippen molar-refractivity contribution in [2.75, 3.05) is 0 Å². The Labute approximate surface area is 148 Å². The smallest absolute Gasteiger partial charge is 0.433 e. The molecular weight excluding hydrogens is 365 g/mol. The third-order valence-corrected chi connectivity index (χ3v) is 3.84. The molecule has 27 heavy (non-hydrogen) atoms. The fraction of sp³-hybridized carbons (Fsp3) is 0.0588. The van der Waals surface area contributed by atoms with Gasteiger partial charge in [-0.15, -0.1) is 0 Å². The van der Waals surface area contributed by atoms with Crippen LogP contribution in [0.3, 0.4) is 0 Å². The molecule has 0 aliphatic heterocycles. The van der Waals surface area contributed by atoms with E-state index in [2.05, 4.69) is 10.1 Å². The van der Waals surface area contributed by atoms with Crippen LogP contribution in [0.5, 0.6) is 0 Å². The van der Waals surface area contributed by atoms with Crippen molar-refractivity contribution in [1.29, 1.82) is 0 Å².